The molecule has 15 heavy (non-hydrogen) atoms. The third-order valence-electron chi connectivity index (χ3n) is 2.14. The van der Waals surface area contributed by atoms with E-state index in [9.17, 15) is 0 Å². The van der Waals surface area contributed by atoms with E-state index in [-0.39, 0.29) is 6.10 Å². The highest BCUT2D eigenvalue weighted by atomic mass is 35.5. The number of ether oxygens (including phenoxy) is 1. The molecule has 1 aromatic rings. The molecular weight excluding hydrogens is 210 g/mol. The van der Waals surface area contributed by atoms with Crippen molar-refractivity contribution >= 4 is 11.6 Å². The van der Waals surface area contributed by atoms with E-state index in [4.69, 9.17) is 16.3 Å². The number of rotatable bonds is 6. The minimum Gasteiger partial charge on any atom is -0.489 e. The Morgan fingerprint density at radius 1 is 1.47 bits per heavy atom. The van der Waals surface area contributed by atoms with Gasteiger partial charge in [-0.05, 0) is 31.7 Å². The molecule has 1 N–H and O–H groups in total. The van der Waals surface area contributed by atoms with Gasteiger partial charge in [-0.2, -0.15) is 0 Å². The first-order chi connectivity index (χ1) is 7.26. The molecule has 0 aromatic heterocycles. The van der Waals surface area contributed by atoms with Crippen LogP contribution in [0.5, 0.6) is 5.75 Å². The molecular formula is C12H18ClNO. The van der Waals surface area contributed by atoms with E-state index < -0.39 is 0 Å². The van der Waals surface area contributed by atoms with Gasteiger partial charge < -0.3 is 10.1 Å². The zero-order chi connectivity index (χ0) is 11.1. The molecule has 84 valence electrons. The summed E-state index contributed by atoms with van der Waals surface area (Å²) in [4.78, 5) is 0. The maximum absolute atomic E-state index is 5.89. The van der Waals surface area contributed by atoms with Gasteiger partial charge >= 0.3 is 0 Å². The van der Waals surface area contributed by atoms with Crippen LogP contribution in [0, 0.1) is 0 Å². The van der Waals surface area contributed by atoms with Gasteiger partial charge in [0.15, 0.2) is 0 Å². The zero-order valence-electron chi connectivity index (χ0n) is 9.29. The normalized spacial score (nSPS) is 12.5. The van der Waals surface area contributed by atoms with Crippen LogP contribution in [0.25, 0.3) is 0 Å². The Kier molecular flexibility index (Phi) is 5.51. The van der Waals surface area contributed by atoms with Crippen LogP contribution in [-0.2, 0) is 0 Å². The van der Waals surface area contributed by atoms with Crippen LogP contribution in [0.1, 0.15) is 19.8 Å². The highest BCUT2D eigenvalue weighted by Crippen LogP contribution is 2.19. The van der Waals surface area contributed by atoms with Crippen LogP contribution in [0.4, 0.5) is 0 Å². The fraction of sp³-hybridized carbons (Fsp3) is 0.500. The lowest BCUT2D eigenvalue weighted by atomic mass is 10.2. The molecule has 0 spiro atoms. The Morgan fingerprint density at radius 2 is 2.27 bits per heavy atom. The van der Waals surface area contributed by atoms with Crippen LogP contribution in [-0.4, -0.2) is 19.7 Å². The second kappa shape index (κ2) is 6.70. The van der Waals surface area contributed by atoms with Gasteiger partial charge in [-0.15, -0.1) is 0 Å². The fourth-order valence-corrected chi connectivity index (χ4v) is 1.67. The first-order valence-corrected chi connectivity index (χ1v) is 5.71. The average Bonchev–Trinajstić information content (AvgIpc) is 2.18. The largest absolute Gasteiger partial charge is 0.489 e. The molecule has 0 saturated carbocycles. The topological polar surface area (TPSA) is 21.3 Å². The summed E-state index contributed by atoms with van der Waals surface area (Å²) in [6, 6.07) is 7.53. The summed E-state index contributed by atoms with van der Waals surface area (Å²) in [6.07, 6.45) is 2.39. The monoisotopic (exact) mass is 227 g/mol. The Morgan fingerprint density at radius 3 is 2.87 bits per heavy atom. The van der Waals surface area contributed by atoms with E-state index in [1.165, 1.54) is 0 Å². The Labute approximate surface area is 96.6 Å². The van der Waals surface area contributed by atoms with E-state index in [2.05, 4.69) is 12.2 Å². The van der Waals surface area contributed by atoms with Crippen LogP contribution in [0.15, 0.2) is 24.3 Å². The third-order valence-corrected chi connectivity index (χ3v) is 2.38. The minimum atomic E-state index is 0.221. The summed E-state index contributed by atoms with van der Waals surface area (Å²) in [5, 5.41) is 3.84. The standard InChI is InChI=1S/C12H18ClNO/c1-3-5-12(9-14-2)15-11-7-4-6-10(13)8-11/h4,6-8,12,14H,3,5,9H2,1-2H3. The van der Waals surface area contributed by atoms with Crippen LogP contribution in [0.3, 0.4) is 0 Å². The van der Waals surface area contributed by atoms with E-state index in [1.54, 1.807) is 0 Å². The predicted molar refractivity (Wildman–Crippen MR) is 64.7 cm³/mol. The first-order valence-electron chi connectivity index (χ1n) is 5.33. The van der Waals surface area contributed by atoms with Crippen molar-refractivity contribution in [1.29, 1.82) is 0 Å². The number of likely N-dealkylation sites (N-methyl/N-ethyl adjacent to an activating group) is 1. The molecule has 1 rings (SSSR count). The average molecular weight is 228 g/mol. The maximum Gasteiger partial charge on any atom is 0.121 e. The summed E-state index contributed by atoms with van der Waals surface area (Å²) >= 11 is 5.89. The molecule has 0 saturated heterocycles. The number of hydrogen-bond acceptors (Lipinski definition) is 2. The lowest BCUT2D eigenvalue weighted by Crippen LogP contribution is -2.29. The Hall–Kier alpha value is -0.730. The van der Waals surface area contributed by atoms with E-state index in [0.29, 0.717) is 5.02 Å². The Bertz CT molecular complexity index is 285. The molecule has 1 unspecified atom stereocenters. The quantitative estimate of drug-likeness (QED) is 0.807. The smallest absolute Gasteiger partial charge is 0.121 e. The molecule has 0 fully saturated rings. The molecule has 1 aromatic carbocycles. The molecule has 0 amide bonds. The molecule has 0 bridgehead atoms. The van der Waals surface area contributed by atoms with Crippen molar-refractivity contribution in [3.8, 4) is 5.75 Å². The van der Waals surface area contributed by atoms with Crippen molar-refractivity contribution in [2.45, 2.75) is 25.9 Å². The number of halogens is 1. The zero-order valence-corrected chi connectivity index (χ0v) is 10.1. The number of hydrogen-bond donors (Lipinski definition) is 1. The lowest BCUT2D eigenvalue weighted by molar-refractivity contribution is 0.189. The van der Waals surface area contributed by atoms with Crippen molar-refractivity contribution < 1.29 is 4.74 Å². The number of benzene rings is 1. The van der Waals surface area contributed by atoms with Gasteiger partial charge in [0.25, 0.3) is 0 Å². The highest BCUT2D eigenvalue weighted by Gasteiger charge is 2.08. The summed E-state index contributed by atoms with van der Waals surface area (Å²) in [7, 11) is 1.93. The third kappa shape index (κ3) is 4.54. The predicted octanol–water partition coefficient (Wildman–Crippen LogP) is 3.11. The van der Waals surface area contributed by atoms with Crippen molar-refractivity contribution in [2.75, 3.05) is 13.6 Å². The van der Waals surface area contributed by atoms with Crippen molar-refractivity contribution in [2.24, 2.45) is 0 Å². The Balaban J connectivity index is 2.56. The van der Waals surface area contributed by atoms with Gasteiger partial charge in [0, 0.05) is 11.6 Å². The van der Waals surface area contributed by atoms with Gasteiger partial charge in [-0.25, -0.2) is 0 Å². The summed E-state index contributed by atoms with van der Waals surface area (Å²) < 4.78 is 5.83. The first kappa shape index (κ1) is 12.3. The molecule has 0 aliphatic rings. The molecule has 0 radical (unpaired) electrons. The van der Waals surface area contributed by atoms with Crippen molar-refractivity contribution in [1.82, 2.24) is 5.32 Å². The second-order valence-electron chi connectivity index (χ2n) is 3.54. The summed E-state index contributed by atoms with van der Waals surface area (Å²) in [5.74, 6) is 0.844. The van der Waals surface area contributed by atoms with Gasteiger partial charge in [-0.3, -0.25) is 0 Å². The van der Waals surface area contributed by atoms with Gasteiger partial charge in [0.2, 0.25) is 0 Å². The number of nitrogens with one attached hydrogen (secondary N) is 1. The van der Waals surface area contributed by atoms with Gasteiger partial charge in [0.05, 0.1) is 0 Å². The fourth-order valence-electron chi connectivity index (χ4n) is 1.49. The van der Waals surface area contributed by atoms with Gasteiger partial charge in [0.1, 0.15) is 11.9 Å². The molecule has 2 nitrogen and oxygen atoms in total. The van der Waals surface area contributed by atoms with Crippen LogP contribution in [0.2, 0.25) is 5.02 Å². The highest BCUT2D eigenvalue weighted by molar-refractivity contribution is 6.30. The minimum absolute atomic E-state index is 0.221. The van der Waals surface area contributed by atoms with Crippen LogP contribution < -0.4 is 10.1 Å². The van der Waals surface area contributed by atoms with Crippen molar-refractivity contribution in [3.63, 3.8) is 0 Å². The lowest BCUT2D eigenvalue weighted by Gasteiger charge is -2.18. The second-order valence-corrected chi connectivity index (χ2v) is 3.98. The van der Waals surface area contributed by atoms with E-state index >= 15 is 0 Å². The van der Waals surface area contributed by atoms with Crippen LogP contribution >= 0.6 is 11.6 Å². The molecule has 0 aliphatic heterocycles. The molecule has 1 atom stereocenters. The van der Waals surface area contributed by atoms with E-state index in [1.807, 2.05) is 31.3 Å². The molecule has 3 heteroatoms. The summed E-state index contributed by atoms with van der Waals surface area (Å²) in [5.41, 5.74) is 0. The van der Waals surface area contributed by atoms with Gasteiger partial charge in [-0.1, -0.05) is 31.0 Å². The van der Waals surface area contributed by atoms with E-state index in [0.717, 1.165) is 25.1 Å². The SMILES string of the molecule is CCCC(CNC)Oc1cccc(Cl)c1. The maximum atomic E-state index is 5.89. The summed E-state index contributed by atoms with van der Waals surface area (Å²) in [6.45, 7) is 3.02. The molecule has 0 aliphatic carbocycles. The molecule has 0 heterocycles. The van der Waals surface area contributed by atoms with Crippen molar-refractivity contribution in [3.05, 3.63) is 29.3 Å².